The molecule has 56 valence electrons. The molecule has 0 saturated carbocycles. The van der Waals surface area contributed by atoms with E-state index in [0.717, 1.165) is 0 Å². The average Bonchev–Trinajstić information content (AvgIpc) is 1.89. The third-order valence-electron chi connectivity index (χ3n) is 0.705. The quantitative estimate of drug-likeness (QED) is 0.329. The fourth-order valence-corrected chi connectivity index (χ4v) is 0.770. The van der Waals surface area contributed by atoms with E-state index in [1.807, 2.05) is 0 Å². The van der Waals surface area contributed by atoms with Crippen LogP contribution in [0.4, 0.5) is 0 Å². The summed E-state index contributed by atoms with van der Waals surface area (Å²) in [5.41, 5.74) is 0. The molecule has 0 aliphatic heterocycles. The van der Waals surface area contributed by atoms with Gasteiger partial charge in [0.25, 0.3) is 0 Å². The van der Waals surface area contributed by atoms with Crippen molar-refractivity contribution in [3.63, 3.8) is 0 Å². The van der Waals surface area contributed by atoms with Crippen molar-refractivity contribution in [2.45, 2.75) is 0 Å². The Morgan fingerprint density at radius 3 is 1.67 bits per heavy atom. The van der Waals surface area contributed by atoms with E-state index in [2.05, 4.69) is 18.3 Å². The van der Waals surface area contributed by atoms with E-state index in [1.165, 1.54) is 21.3 Å². The maximum atomic E-state index is 8.98. The first kappa shape index (κ1) is 9.02. The van der Waals surface area contributed by atoms with E-state index in [4.69, 9.17) is 4.80 Å². The summed E-state index contributed by atoms with van der Waals surface area (Å²) in [4.78, 5) is 13.1. The van der Waals surface area contributed by atoms with Crippen molar-refractivity contribution < 1.29 is 23.1 Å². The molecule has 0 fully saturated rings. The zero-order valence-electron chi connectivity index (χ0n) is 5.58. The van der Waals surface area contributed by atoms with Crippen LogP contribution in [0.1, 0.15) is 0 Å². The lowest BCUT2D eigenvalue weighted by atomic mass is 11.8. The highest BCUT2D eigenvalue weighted by Gasteiger charge is 2.40. The highest BCUT2D eigenvalue weighted by Crippen LogP contribution is 2.00. The van der Waals surface area contributed by atoms with Crippen LogP contribution in [0.2, 0.25) is 0 Å². The summed E-state index contributed by atoms with van der Waals surface area (Å²) >= 11 is 0. The SMILES string of the molecule is COO[Si](O)(OC)OC. The molecular formula is C3H10O5Si. The lowest BCUT2D eigenvalue weighted by Gasteiger charge is -2.15. The van der Waals surface area contributed by atoms with Gasteiger partial charge >= 0.3 is 9.05 Å². The van der Waals surface area contributed by atoms with Crippen LogP contribution in [0.5, 0.6) is 0 Å². The monoisotopic (exact) mass is 154 g/mol. The zero-order valence-corrected chi connectivity index (χ0v) is 6.58. The molecule has 5 nitrogen and oxygen atoms in total. The normalized spacial score (nSPS) is 12.0. The summed E-state index contributed by atoms with van der Waals surface area (Å²) in [6.07, 6.45) is 0. The topological polar surface area (TPSA) is 57.2 Å². The molecule has 0 heterocycles. The summed E-state index contributed by atoms with van der Waals surface area (Å²) in [6.45, 7) is 0. The van der Waals surface area contributed by atoms with Crippen LogP contribution < -0.4 is 0 Å². The Labute approximate surface area is 54.5 Å². The lowest BCUT2D eigenvalue weighted by Crippen LogP contribution is -2.43. The summed E-state index contributed by atoms with van der Waals surface area (Å²) in [6, 6.07) is 0. The number of hydrogen-bond donors (Lipinski definition) is 1. The Kier molecular flexibility index (Phi) is 3.94. The third kappa shape index (κ3) is 2.89. The fourth-order valence-electron chi connectivity index (χ4n) is 0.257. The van der Waals surface area contributed by atoms with E-state index >= 15 is 0 Å². The standard InChI is InChI=1S/C3H10O5Si/c1-5-8-9(4,6-2)7-3/h4H,1-3H3. The molecule has 0 saturated heterocycles. The van der Waals surface area contributed by atoms with Gasteiger partial charge in [0.15, 0.2) is 0 Å². The minimum atomic E-state index is -3.42. The molecule has 0 aromatic heterocycles. The maximum Gasteiger partial charge on any atom is 0.704 e. The van der Waals surface area contributed by atoms with Gasteiger partial charge in [-0.1, -0.05) is 0 Å². The molecule has 0 aliphatic rings. The van der Waals surface area contributed by atoms with Crippen molar-refractivity contribution in [3.05, 3.63) is 0 Å². The van der Waals surface area contributed by atoms with Crippen molar-refractivity contribution in [2.75, 3.05) is 21.3 Å². The second kappa shape index (κ2) is 3.93. The fraction of sp³-hybridized carbons (Fsp3) is 1.00. The Balaban J connectivity index is 3.62. The van der Waals surface area contributed by atoms with Gasteiger partial charge in [-0.25, -0.2) is 4.89 Å². The predicted molar refractivity (Wildman–Crippen MR) is 30.1 cm³/mol. The van der Waals surface area contributed by atoms with Crippen LogP contribution in [-0.2, 0) is 18.3 Å². The summed E-state index contributed by atoms with van der Waals surface area (Å²) < 4.78 is 13.2. The van der Waals surface area contributed by atoms with Crippen LogP contribution >= 0.6 is 0 Å². The van der Waals surface area contributed by atoms with Gasteiger partial charge in [-0.3, -0.25) is 0 Å². The van der Waals surface area contributed by atoms with Gasteiger partial charge < -0.3 is 13.6 Å². The molecule has 0 radical (unpaired) electrons. The molecule has 0 unspecified atom stereocenters. The van der Waals surface area contributed by atoms with Crippen molar-refractivity contribution in [1.29, 1.82) is 0 Å². The van der Waals surface area contributed by atoms with Crippen molar-refractivity contribution in [1.82, 2.24) is 0 Å². The molecule has 0 atom stereocenters. The van der Waals surface area contributed by atoms with Crippen molar-refractivity contribution in [2.24, 2.45) is 0 Å². The van der Waals surface area contributed by atoms with Crippen LogP contribution in [0, 0.1) is 0 Å². The Hall–Kier alpha value is 0.0169. The van der Waals surface area contributed by atoms with Gasteiger partial charge in [-0.05, 0) is 0 Å². The van der Waals surface area contributed by atoms with Crippen molar-refractivity contribution >= 4 is 9.05 Å². The van der Waals surface area contributed by atoms with Gasteiger partial charge in [0, 0.05) is 14.2 Å². The van der Waals surface area contributed by atoms with Gasteiger partial charge in [0.1, 0.15) is 0 Å². The van der Waals surface area contributed by atoms with E-state index in [1.54, 1.807) is 0 Å². The molecule has 0 aromatic carbocycles. The molecule has 1 N–H and O–H groups in total. The second-order valence-corrected chi connectivity index (χ2v) is 3.21. The Morgan fingerprint density at radius 1 is 1.11 bits per heavy atom. The van der Waals surface area contributed by atoms with Crippen LogP contribution in [0.15, 0.2) is 0 Å². The highest BCUT2D eigenvalue weighted by molar-refractivity contribution is 6.51. The maximum absolute atomic E-state index is 8.98. The first-order valence-corrected chi connectivity index (χ1v) is 3.90. The smallest absolute Gasteiger partial charge is 0.366 e. The van der Waals surface area contributed by atoms with Crippen LogP contribution in [0.3, 0.4) is 0 Å². The van der Waals surface area contributed by atoms with Gasteiger partial charge in [-0.15, -0.1) is 0 Å². The van der Waals surface area contributed by atoms with Gasteiger partial charge in [0.05, 0.1) is 7.11 Å². The largest absolute Gasteiger partial charge is 0.704 e. The molecule has 0 rings (SSSR count). The molecule has 0 aromatic rings. The van der Waals surface area contributed by atoms with Crippen molar-refractivity contribution in [3.8, 4) is 0 Å². The Bertz CT molecular complexity index is 72.6. The predicted octanol–water partition coefficient (Wildman–Crippen LogP) is -0.715. The highest BCUT2D eigenvalue weighted by atomic mass is 28.4. The molecule has 9 heavy (non-hydrogen) atoms. The minimum absolute atomic E-state index is 1.26. The molecule has 0 aliphatic carbocycles. The van der Waals surface area contributed by atoms with E-state index in [9.17, 15) is 0 Å². The average molecular weight is 154 g/mol. The molecule has 6 heteroatoms. The van der Waals surface area contributed by atoms with Crippen LogP contribution in [0.25, 0.3) is 0 Å². The Morgan fingerprint density at radius 2 is 1.56 bits per heavy atom. The summed E-state index contributed by atoms with van der Waals surface area (Å²) in [7, 11) is 0.385. The lowest BCUT2D eigenvalue weighted by molar-refractivity contribution is -0.244. The second-order valence-electron chi connectivity index (χ2n) is 1.18. The number of hydrogen-bond acceptors (Lipinski definition) is 5. The van der Waals surface area contributed by atoms with Gasteiger partial charge in [0.2, 0.25) is 0 Å². The zero-order chi connectivity index (χ0) is 7.33. The summed E-state index contributed by atoms with van der Waals surface area (Å²) in [5, 5.41) is 0. The first-order valence-electron chi connectivity index (χ1n) is 2.23. The minimum Gasteiger partial charge on any atom is -0.366 e. The van der Waals surface area contributed by atoms with E-state index < -0.39 is 9.05 Å². The number of rotatable bonds is 4. The van der Waals surface area contributed by atoms with Gasteiger partial charge in [-0.2, -0.15) is 4.58 Å². The van der Waals surface area contributed by atoms with E-state index in [-0.39, 0.29) is 0 Å². The van der Waals surface area contributed by atoms with Crippen LogP contribution in [-0.4, -0.2) is 35.2 Å². The molecular weight excluding hydrogens is 144 g/mol. The third-order valence-corrected chi connectivity index (χ3v) is 2.11. The first-order chi connectivity index (χ1) is 4.18. The molecule has 0 bridgehead atoms. The molecule has 0 amide bonds. The molecule has 0 spiro atoms. The summed E-state index contributed by atoms with van der Waals surface area (Å²) in [5.74, 6) is 0. The van der Waals surface area contributed by atoms with E-state index in [0.29, 0.717) is 0 Å².